The molecule has 220 valence electrons. The highest BCUT2D eigenvalue weighted by Crippen LogP contribution is 2.65. The molecule has 1 aromatic carbocycles. The Morgan fingerprint density at radius 2 is 1.85 bits per heavy atom. The quantitative estimate of drug-likeness (QED) is 0.274. The Hall–Kier alpha value is -3.97. The molecule has 6 atom stereocenters. The van der Waals surface area contributed by atoms with E-state index >= 15 is 0 Å². The molecule has 13 nitrogen and oxygen atoms in total. The lowest BCUT2D eigenvalue weighted by molar-refractivity contribution is -0.178. The van der Waals surface area contributed by atoms with Crippen molar-refractivity contribution in [3.8, 4) is 11.5 Å². The van der Waals surface area contributed by atoms with Crippen LogP contribution < -0.4 is 4.74 Å². The minimum Gasteiger partial charge on any atom is -0.504 e. The van der Waals surface area contributed by atoms with Crippen molar-refractivity contribution < 1.29 is 58.2 Å². The Bertz CT molecular complexity index is 1370. The summed E-state index contributed by atoms with van der Waals surface area (Å²) in [6.07, 6.45) is -3.32. The molecule has 1 spiro atoms. The average Bonchev–Trinajstić information content (AvgIpc) is 3.24. The molecule has 0 radical (unpaired) electrons. The fourth-order valence-electron chi connectivity index (χ4n) is 6.78. The fraction of sp³-hybridized carbons (Fsp3) is 0.536. The third-order valence-corrected chi connectivity index (χ3v) is 8.58. The summed E-state index contributed by atoms with van der Waals surface area (Å²) < 4.78 is 21.8. The van der Waals surface area contributed by atoms with Gasteiger partial charge in [-0.3, -0.25) is 19.2 Å². The summed E-state index contributed by atoms with van der Waals surface area (Å²) in [6.45, 7) is 2.66. The number of carboxylic acids is 1. The summed E-state index contributed by atoms with van der Waals surface area (Å²) in [5.41, 5.74) is -0.655. The number of ketones is 1. The number of likely N-dealkylation sites (tertiary alicyclic amines) is 1. The first kappa shape index (κ1) is 28.6. The molecule has 0 aromatic heterocycles. The normalized spacial score (nSPS) is 28.7. The molecule has 2 heterocycles. The summed E-state index contributed by atoms with van der Waals surface area (Å²) in [5.74, 6) is -5.13. The second kappa shape index (κ2) is 10.1. The number of aliphatic carboxylic acids is 1. The van der Waals surface area contributed by atoms with Crippen molar-refractivity contribution in [2.24, 2.45) is 0 Å². The zero-order valence-corrected chi connectivity index (χ0v) is 22.7. The molecule has 2 aliphatic carbocycles. The highest BCUT2D eigenvalue weighted by Gasteiger charge is 2.72. The van der Waals surface area contributed by atoms with Crippen molar-refractivity contribution >= 4 is 29.7 Å². The van der Waals surface area contributed by atoms with E-state index in [2.05, 4.69) is 4.90 Å². The summed E-state index contributed by atoms with van der Waals surface area (Å²) in [4.78, 5) is 62.4. The van der Waals surface area contributed by atoms with Gasteiger partial charge in [0.25, 0.3) is 0 Å². The summed E-state index contributed by atoms with van der Waals surface area (Å²) in [5, 5.41) is 31.8. The molecular weight excluding hydrogens is 542 g/mol. The Balaban J connectivity index is 1.40. The molecule has 3 N–H and O–H groups in total. The number of esters is 3. The van der Waals surface area contributed by atoms with Crippen LogP contribution in [-0.2, 0) is 50.0 Å². The van der Waals surface area contributed by atoms with Crippen molar-refractivity contribution in [3.63, 3.8) is 0 Å². The lowest BCUT2D eigenvalue weighted by Crippen LogP contribution is -2.74. The summed E-state index contributed by atoms with van der Waals surface area (Å²) >= 11 is 0. The number of benzene rings is 1. The van der Waals surface area contributed by atoms with Crippen LogP contribution in [0.1, 0.15) is 50.7 Å². The standard InChI is InChI=1S/C28H31NO12/c1-13(30)18(11-21(33)34)40-26(36)19(38-14(2)31)12-22(35)39-17-6-7-28(37)20-10-15-4-5-16(32)24-23(15)27(28,25(17)41-24)8-9-29(20)3/h4-6,18-20,25,32,37H,7-12H2,1-3H3,(H,33,34)/t18-,19+,20-,25+,27+,28-/m1/s1. The third kappa shape index (κ3) is 4.52. The molecule has 1 saturated heterocycles. The summed E-state index contributed by atoms with van der Waals surface area (Å²) in [6, 6.07) is 3.10. The van der Waals surface area contributed by atoms with Crippen LogP contribution in [0.5, 0.6) is 11.5 Å². The largest absolute Gasteiger partial charge is 0.504 e. The van der Waals surface area contributed by atoms with E-state index in [9.17, 15) is 34.2 Å². The zero-order chi connectivity index (χ0) is 29.9. The van der Waals surface area contributed by atoms with Gasteiger partial charge in [-0.15, -0.1) is 0 Å². The van der Waals surface area contributed by atoms with Crippen LogP contribution in [0, 0.1) is 0 Å². The number of aliphatic hydroxyl groups is 1. The molecular formula is C28H31NO12. The zero-order valence-electron chi connectivity index (χ0n) is 22.7. The van der Waals surface area contributed by atoms with Crippen molar-refractivity contribution in [3.05, 3.63) is 35.1 Å². The highest BCUT2D eigenvalue weighted by atomic mass is 16.6. The number of hydrogen-bond donors (Lipinski definition) is 3. The van der Waals surface area contributed by atoms with Gasteiger partial charge in [0.05, 0.1) is 23.9 Å². The molecule has 2 aliphatic heterocycles. The molecule has 1 aromatic rings. The number of aromatic hydroxyl groups is 1. The first-order chi connectivity index (χ1) is 19.3. The number of ether oxygens (including phenoxy) is 4. The molecule has 0 unspecified atom stereocenters. The highest BCUT2D eigenvalue weighted by molar-refractivity contribution is 5.90. The maximum absolute atomic E-state index is 13.1. The average molecular weight is 574 g/mol. The van der Waals surface area contributed by atoms with Gasteiger partial charge in [-0.2, -0.15) is 0 Å². The van der Waals surface area contributed by atoms with Crippen LogP contribution in [0.4, 0.5) is 0 Å². The number of nitrogens with zero attached hydrogens (tertiary/aromatic N) is 1. The number of carbonyl (C=O) groups is 5. The monoisotopic (exact) mass is 573 g/mol. The van der Waals surface area contributed by atoms with Gasteiger partial charge in [-0.05, 0) is 51.1 Å². The van der Waals surface area contributed by atoms with E-state index in [4.69, 9.17) is 24.1 Å². The van der Waals surface area contributed by atoms with Crippen molar-refractivity contribution in [1.82, 2.24) is 4.90 Å². The maximum Gasteiger partial charge on any atom is 0.348 e. The second-order valence-electron chi connectivity index (χ2n) is 11.0. The lowest BCUT2D eigenvalue weighted by atomic mass is 9.50. The number of piperidine rings is 1. The van der Waals surface area contributed by atoms with E-state index in [1.807, 2.05) is 13.1 Å². The Morgan fingerprint density at radius 1 is 1.12 bits per heavy atom. The van der Waals surface area contributed by atoms with E-state index < -0.39 is 71.8 Å². The molecule has 1 fully saturated rings. The van der Waals surface area contributed by atoms with Gasteiger partial charge in [-0.25, -0.2) is 4.79 Å². The topological polar surface area (TPSA) is 186 Å². The second-order valence-corrected chi connectivity index (χ2v) is 11.0. The van der Waals surface area contributed by atoms with Crippen molar-refractivity contribution in [1.29, 1.82) is 0 Å². The van der Waals surface area contributed by atoms with E-state index in [0.717, 1.165) is 19.4 Å². The first-order valence-corrected chi connectivity index (χ1v) is 13.2. The van der Waals surface area contributed by atoms with Gasteiger partial charge in [-0.1, -0.05) is 6.07 Å². The Morgan fingerprint density at radius 3 is 2.51 bits per heavy atom. The number of phenolic OH excluding ortho intramolecular Hbond substituents is 1. The first-order valence-electron chi connectivity index (χ1n) is 13.2. The van der Waals surface area contributed by atoms with Crippen LogP contribution in [0.3, 0.4) is 0 Å². The van der Waals surface area contributed by atoms with Crippen LogP contribution in [0.2, 0.25) is 0 Å². The third-order valence-electron chi connectivity index (χ3n) is 8.58. The van der Waals surface area contributed by atoms with Crippen LogP contribution in [0.15, 0.2) is 24.0 Å². The van der Waals surface area contributed by atoms with Crippen LogP contribution in [-0.4, -0.2) is 93.4 Å². The van der Waals surface area contributed by atoms with Crippen molar-refractivity contribution in [2.75, 3.05) is 13.6 Å². The van der Waals surface area contributed by atoms with Gasteiger partial charge in [0.2, 0.25) is 6.10 Å². The van der Waals surface area contributed by atoms with Gasteiger partial charge >= 0.3 is 23.9 Å². The number of rotatable bonds is 9. The van der Waals surface area contributed by atoms with Gasteiger partial charge < -0.3 is 39.2 Å². The number of phenols is 1. The van der Waals surface area contributed by atoms with E-state index in [1.54, 1.807) is 6.08 Å². The van der Waals surface area contributed by atoms with Crippen LogP contribution in [0.25, 0.3) is 0 Å². The summed E-state index contributed by atoms with van der Waals surface area (Å²) in [7, 11) is 1.94. The number of likely N-dealkylation sites (N-methyl/N-ethyl adjacent to an activating group) is 1. The number of carbonyl (C=O) groups excluding carboxylic acids is 4. The predicted molar refractivity (Wildman–Crippen MR) is 136 cm³/mol. The molecule has 2 bridgehead atoms. The van der Waals surface area contributed by atoms with E-state index in [0.29, 0.717) is 24.9 Å². The van der Waals surface area contributed by atoms with Crippen LogP contribution >= 0.6 is 0 Å². The Kier molecular flexibility index (Phi) is 7.06. The predicted octanol–water partition coefficient (Wildman–Crippen LogP) is 0.510. The molecule has 0 amide bonds. The minimum atomic E-state index is -1.81. The number of Topliss-reactive ketones (excluding diaryl/α,β-unsaturated/α-hetero) is 1. The maximum atomic E-state index is 13.1. The number of carboxylic acid groups (broad SMARTS) is 1. The molecule has 13 heteroatoms. The minimum absolute atomic E-state index is 0.0776. The van der Waals surface area contributed by atoms with Gasteiger partial charge in [0.1, 0.15) is 5.76 Å². The van der Waals surface area contributed by atoms with Gasteiger partial charge in [0.15, 0.2) is 29.5 Å². The lowest BCUT2D eigenvalue weighted by Gasteiger charge is -2.61. The van der Waals surface area contributed by atoms with Crippen molar-refractivity contribution in [2.45, 2.75) is 81.3 Å². The fourth-order valence-corrected chi connectivity index (χ4v) is 6.78. The van der Waals surface area contributed by atoms with Gasteiger partial charge in [0, 0.05) is 24.9 Å². The van der Waals surface area contributed by atoms with E-state index in [1.165, 1.54) is 6.07 Å². The molecule has 41 heavy (non-hydrogen) atoms. The SMILES string of the molecule is CC(=O)O[C@@H](CC(=O)OC1=CC[C@@]2(O)[C@H]3Cc4ccc(O)c5c4[C@@]2(CCN3C)[C@H]1O5)C(=O)O[C@H](CC(=O)O)C(C)=O. The Labute approximate surface area is 234 Å². The molecule has 4 aliphatic rings. The molecule has 0 saturated carbocycles. The van der Waals surface area contributed by atoms with E-state index in [-0.39, 0.29) is 29.7 Å². The molecule has 5 rings (SSSR count). The number of hydrogen-bond acceptors (Lipinski definition) is 12. The smallest absolute Gasteiger partial charge is 0.348 e.